The Kier molecular flexibility index (Phi) is 5.99. The molecule has 0 radical (unpaired) electrons. The Labute approximate surface area is 103 Å². The summed E-state index contributed by atoms with van der Waals surface area (Å²) in [5.74, 6) is 0.154. The summed E-state index contributed by atoms with van der Waals surface area (Å²) in [4.78, 5) is 23.1. The number of alkyl carbamates (subject to hydrolysis) is 1. The first kappa shape index (κ1) is 15.7. The lowest BCUT2D eigenvalue weighted by atomic mass is 9.98. The van der Waals surface area contributed by atoms with E-state index < -0.39 is 11.6 Å². The lowest BCUT2D eigenvalue weighted by Crippen LogP contribution is -2.57. The monoisotopic (exact) mass is 244 g/mol. The van der Waals surface area contributed by atoms with Gasteiger partial charge in [0.05, 0.1) is 7.11 Å². The standard InChI is InChI=1S/C12H24N2O3/c1-7-9(8(2)3)13-10(15)12(4,5)14-11(16)17-6/h8-9H,7H2,1-6H3,(H,13,15)(H,14,16)/t9-/m1/s1. The van der Waals surface area contributed by atoms with E-state index in [-0.39, 0.29) is 11.9 Å². The van der Waals surface area contributed by atoms with Crippen LogP contribution in [0.4, 0.5) is 4.79 Å². The summed E-state index contributed by atoms with van der Waals surface area (Å²) < 4.78 is 4.48. The Hall–Kier alpha value is -1.26. The van der Waals surface area contributed by atoms with Gasteiger partial charge in [0.15, 0.2) is 0 Å². The lowest BCUT2D eigenvalue weighted by molar-refractivity contribution is -0.127. The average molecular weight is 244 g/mol. The fourth-order valence-corrected chi connectivity index (χ4v) is 1.45. The molecule has 0 aliphatic carbocycles. The zero-order chi connectivity index (χ0) is 13.6. The van der Waals surface area contributed by atoms with Gasteiger partial charge in [-0.05, 0) is 26.2 Å². The maximum Gasteiger partial charge on any atom is 0.407 e. The molecule has 0 aromatic rings. The molecule has 17 heavy (non-hydrogen) atoms. The van der Waals surface area contributed by atoms with Gasteiger partial charge < -0.3 is 15.4 Å². The predicted octanol–water partition coefficient (Wildman–Crippen LogP) is 1.67. The molecule has 2 amide bonds. The third kappa shape index (κ3) is 5.06. The Balaban J connectivity index is 4.52. The molecule has 5 heteroatoms. The number of ether oxygens (including phenoxy) is 1. The van der Waals surface area contributed by atoms with Crippen LogP contribution in [0, 0.1) is 5.92 Å². The van der Waals surface area contributed by atoms with E-state index >= 15 is 0 Å². The third-order valence-corrected chi connectivity index (χ3v) is 2.73. The highest BCUT2D eigenvalue weighted by atomic mass is 16.5. The van der Waals surface area contributed by atoms with Crippen molar-refractivity contribution in [2.75, 3.05) is 7.11 Å². The number of hydrogen-bond donors (Lipinski definition) is 2. The Morgan fingerprint density at radius 2 is 1.82 bits per heavy atom. The van der Waals surface area contributed by atoms with Gasteiger partial charge in [-0.15, -0.1) is 0 Å². The third-order valence-electron chi connectivity index (χ3n) is 2.73. The molecule has 0 aliphatic heterocycles. The predicted molar refractivity (Wildman–Crippen MR) is 66.7 cm³/mol. The summed E-state index contributed by atoms with van der Waals surface area (Å²) in [5.41, 5.74) is -0.977. The Morgan fingerprint density at radius 1 is 1.29 bits per heavy atom. The molecule has 0 rings (SSSR count). The summed E-state index contributed by atoms with van der Waals surface area (Å²) in [6.07, 6.45) is 0.250. The smallest absolute Gasteiger partial charge is 0.407 e. The maximum atomic E-state index is 12.0. The zero-order valence-corrected chi connectivity index (χ0v) is 11.6. The van der Waals surface area contributed by atoms with Gasteiger partial charge in [-0.3, -0.25) is 4.79 Å². The molecule has 0 bridgehead atoms. The number of rotatable bonds is 5. The van der Waals surface area contributed by atoms with Gasteiger partial charge in [0.1, 0.15) is 5.54 Å². The van der Waals surface area contributed by atoms with E-state index in [1.807, 2.05) is 6.92 Å². The van der Waals surface area contributed by atoms with Crippen LogP contribution in [-0.2, 0) is 9.53 Å². The van der Waals surface area contributed by atoms with Gasteiger partial charge in [-0.1, -0.05) is 20.8 Å². The highest BCUT2D eigenvalue weighted by Crippen LogP contribution is 2.09. The van der Waals surface area contributed by atoms with Gasteiger partial charge in [0.25, 0.3) is 0 Å². The Bertz CT molecular complexity index is 275. The second-order valence-electron chi connectivity index (χ2n) is 4.97. The number of amides is 2. The SMILES string of the molecule is CC[C@@H](NC(=O)C(C)(C)NC(=O)OC)C(C)C. The summed E-state index contributed by atoms with van der Waals surface area (Å²) in [5, 5.41) is 5.43. The number of methoxy groups -OCH3 is 1. The van der Waals surface area contributed by atoms with E-state index in [2.05, 4.69) is 29.2 Å². The van der Waals surface area contributed by atoms with Crippen molar-refractivity contribution in [2.24, 2.45) is 5.92 Å². The molecule has 0 fully saturated rings. The van der Waals surface area contributed by atoms with E-state index in [1.165, 1.54) is 7.11 Å². The quantitative estimate of drug-likeness (QED) is 0.773. The molecule has 0 aliphatic rings. The van der Waals surface area contributed by atoms with Crippen LogP contribution in [0.3, 0.4) is 0 Å². The molecule has 0 saturated heterocycles. The molecule has 0 aromatic carbocycles. The van der Waals surface area contributed by atoms with Crippen molar-refractivity contribution in [3.63, 3.8) is 0 Å². The number of carbonyl (C=O) groups excluding carboxylic acids is 2. The van der Waals surface area contributed by atoms with Crippen LogP contribution in [0.2, 0.25) is 0 Å². The number of carbonyl (C=O) groups is 2. The van der Waals surface area contributed by atoms with Crippen LogP contribution in [0.15, 0.2) is 0 Å². The second-order valence-corrected chi connectivity index (χ2v) is 4.97. The van der Waals surface area contributed by atoms with Gasteiger partial charge in [-0.25, -0.2) is 4.79 Å². The van der Waals surface area contributed by atoms with Gasteiger partial charge >= 0.3 is 6.09 Å². The van der Waals surface area contributed by atoms with E-state index in [0.717, 1.165) is 6.42 Å². The van der Waals surface area contributed by atoms with E-state index in [4.69, 9.17) is 0 Å². The fourth-order valence-electron chi connectivity index (χ4n) is 1.45. The van der Waals surface area contributed by atoms with Crippen molar-refractivity contribution in [1.82, 2.24) is 10.6 Å². The normalized spacial score (nSPS) is 13.1. The Morgan fingerprint density at radius 3 is 2.18 bits per heavy atom. The van der Waals surface area contributed by atoms with Crippen LogP contribution >= 0.6 is 0 Å². The van der Waals surface area contributed by atoms with Crippen LogP contribution in [0.5, 0.6) is 0 Å². The number of nitrogens with one attached hydrogen (secondary N) is 2. The molecule has 0 unspecified atom stereocenters. The topological polar surface area (TPSA) is 67.4 Å². The van der Waals surface area contributed by atoms with E-state index in [1.54, 1.807) is 13.8 Å². The molecular formula is C12H24N2O3. The van der Waals surface area contributed by atoms with E-state index in [0.29, 0.717) is 5.92 Å². The van der Waals surface area contributed by atoms with Crippen LogP contribution in [-0.4, -0.2) is 30.7 Å². The van der Waals surface area contributed by atoms with Crippen LogP contribution in [0.1, 0.15) is 41.0 Å². The molecule has 0 spiro atoms. The minimum atomic E-state index is -0.977. The molecule has 5 nitrogen and oxygen atoms in total. The van der Waals surface area contributed by atoms with Crippen LogP contribution in [0.25, 0.3) is 0 Å². The largest absolute Gasteiger partial charge is 0.453 e. The maximum absolute atomic E-state index is 12.0. The highest BCUT2D eigenvalue weighted by Gasteiger charge is 2.31. The average Bonchev–Trinajstić information content (AvgIpc) is 2.23. The highest BCUT2D eigenvalue weighted by molar-refractivity contribution is 5.89. The van der Waals surface area contributed by atoms with Crippen molar-refractivity contribution in [1.29, 1.82) is 0 Å². The molecule has 2 N–H and O–H groups in total. The van der Waals surface area contributed by atoms with Crippen molar-refractivity contribution < 1.29 is 14.3 Å². The molecule has 0 aromatic heterocycles. The van der Waals surface area contributed by atoms with Crippen molar-refractivity contribution >= 4 is 12.0 Å². The molecular weight excluding hydrogens is 220 g/mol. The molecule has 1 atom stereocenters. The molecule has 0 heterocycles. The van der Waals surface area contributed by atoms with E-state index in [9.17, 15) is 9.59 Å². The summed E-state index contributed by atoms with van der Waals surface area (Å²) in [7, 11) is 1.27. The zero-order valence-electron chi connectivity index (χ0n) is 11.6. The first-order valence-electron chi connectivity index (χ1n) is 5.91. The van der Waals surface area contributed by atoms with Crippen molar-refractivity contribution in [3.8, 4) is 0 Å². The summed E-state index contributed by atoms with van der Waals surface area (Å²) in [6.45, 7) is 9.41. The van der Waals surface area contributed by atoms with Crippen molar-refractivity contribution in [2.45, 2.75) is 52.6 Å². The van der Waals surface area contributed by atoms with Crippen LogP contribution < -0.4 is 10.6 Å². The summed E-state index contributed by atoms with van der Waals surface area (Å²) >= 11 is 0. The minimum Gasteiger partial charge on any atom is -0.453 e. The van der Waals surface area contributed by atoms with Gasteiger partial charge in [0.2, 0.25) is 5.91 Å². The lowest BCUT2D eigenvalue weighted by Gasteiger charge is -2.29. The summed E-state index contributed by atoms with van der Waals surface area (Å²) in [6, 6.07) is 0.112. The number of hydrogen-bond acceptors (Lipinski definition) is 3. The molecule has 100 valence electrons. The second kappa shape index (κ2) is 6.47. The minimum absolute atomic E-state index is 0.112. The van der Waals surface area contributed by atoms with Gasteiger partial charge in [-0.2, -0.15) is 0 Å². The van der Waals surface area contributed by atoms with Gasteiger partial charge in [0, 0.05) is 6.04 Å². The fraction of sp³-hybridized carbons (Fsp3) is 0.833. The first-order chi connectivity index (χ1) is 7.74. The molecule has 0 saturated carbocycles. The van der Waals surface area contributed by atoms with Crippen molar-refractivity contribution in [3.05, 3.63) is 0 Å². The first-order valence-corrected chi connectivity index (χ1v) is 5.91.